The molecule has 2 aromatic carbocycles. The van der Waals surface area contributed by atoms with Crippen molar-refractivity contribution in [2.45, 2.75) is 11.7 Å². The molecule has 0 radical (unpaired) electrons. The molecule has 5 heteroatoms. The van der Waals surface area contributed by atoms with E-state index in [9.17, 15) is 4.79 Å². The first-order chi connectivity index (χ1) is 11.7. The number of carbonyl (C=O) groups excluding carboxylic acids is 1. The number of benzene rings is 2. The first-order valence-electron chi connectivity index (χ1n) is 7.71. The summed E-state index contributed by atoms with van der Waals surface area (Å²) in [4.78, 5) is 12.6. The Morgan fingerprint density at radius 3 is 2.04 bits per heavy atom. The van der Waals surface area contributed by atoms with Gasteiger partial charge < -0.3 is 14.6 Å². The van der Waals surface area contributed by atoms with Gasteiger partial charge in [0.25, 0.3) is 0 Å². The van der Waals surface area contributed by atoms with Crippen molar-refractivity contribution in [1.82, 2.24) is 0 Å². The Bertz CT molecular complexity index is 637. The van der Waals surface area contributed by atoms with Crippen LogP contribution in [0.2, 0.25) is 0 Å². The molecule has 1 atom stereocenters. The highest BCUT2D eigenvalue weighted by molar-refractivity contribution is 7.99. The molecule has 128 valence electrons. The third-order valence-electron chi connectivity index (χ3n) is 3.68. The van der Waals surface area contributed by atoms with Crippen LogP contribution in [0.4, 0.5) is 0 Å². The summed E-state index contributed by atoms with van der Waals surface area (Å²) >= 11 is 1.58. The summed E-state index contributed by atoms with van der Waals surface area (Å²) in [7, 11) is 3.22. The molecule has 0 saturated carbocycles. The van der Waals surface area contributed by atoms with Gasteiger partial charge in [0, 0.05) is 23.0 Å². The van der Waals surface area contributed by atoms with Crippen molar-refractivity contribution in [2.24, 2.45) is 0 Å². The zero-order valence-corrected chi connectivity index (χ0v) is 14.7. The van der Waals surface area contributed by atoms with Crippen molar-refractivity contribution in [3.63, 3.8) is 0 Å². The fourth-order valence-corrected chi connectivity index (χ4v) is 3.36. The standard InChI is InChI=1S/C19H22O4S/c1-22-16-7-3-14(4-8-16)18(21)13-19(24-12-11-20)15-5-9-17(23-2)10-6-15/h3-10,19-20H,11-13H2,1-2H3. The Kier molecular flexibility index (Phi) is 7.15. The van der Waals surface area contributed by atoms with E-state index in [-0.39, 0.29) is 17.6 Å². The fourth-order valence-electron chi connectivity index (χ4n) is 2.35. The molecule has 0 aliphatic carbocycles. The van der Waals surface area contributed by atoms with Crippen LogP contribution >= 0.6 is 11.8 Å². The molecule has 2 rings (SSSR count). The lowest BCUT2D eigenvalue weighted by Gasteiger charge is -2.16. The average Bonchev–Trinajstić information content (AvgIpc) is 2.65. The second kappa shape index (κ2) is 9.35. The van der Waals surface area contributed by atoms with Crippen molar-refractivity contribution in [3.05, 3.63) is 59.7 Å². The number of aliphatic hydroxyl groups excluding tert-OH is 1. The molecular formula is C19H22O4S. The number of hydrogen-bond donors (Lipinski definition) is 1. The molecular weight excluding hydrogens is 324 g/mol. The molecule has 4 nitrogen and oxygen atoms in total. The van der Waals surface area contributed by atoms with Crippen LogP contribution in [-0.2, 0) is 0 Å². The van der Waals surface area contributed by atoms with Gasteiger partial charge in [-0.1, -0.05) is 12.1 Å². The molecule has 24 heavy (non-hydrogen) atoms. The number of hydrogen-bond acceptors (Lipinski definition) is 5. The molecule has 1 unspecified atom stereocenters. The zero-order chi connectivity index (χ0) is 17.4. The highest BCUT2D eigenvalue weighted by Gasteiger charge is 2.18. The van der Waals surface area contributed by atoms with E-state index in [4.69, 9.17) is 14.6 Å². The minimum Gasteiger partial charge on any atom is -0.497 e. The topological polar surface area (TPSA) is 55.8 Å². The van der Waals surface area contributed by atoms with Gasteiger partial charge in [0.2, 0.25) is 0 Å². The zero-order valence-electron chi connectivity index (χ0n) is 13.9. The van der Waals surface area contributed by atoms with Gasteiger partial charge in [-0.2, -0.15) is 11.8 Å². The largest absolute Gasteiger partial charge is 0.497 e. The Labute approximate surface area is 146 Å². The van der Waals surface area contributed by atoms with Crippen molar-refractivity contribution in [1.29, 1.82) is 0 Å². The molecule has 1 N–H and O–H groups in total. The number of Topliss-reactive ketones (excluding diaryl/α,β-unsaturated/α-hetero) is 1. The van der Waals surface area contributed by atoms with Gasteiger partial charge in [0.15, 0.2) is 5.78 Å². The van der Waals surface area contributed by atoms with Gasteiger partial charge in [-0.15, -0.1) is 0 Å². The summed E-state index contributed by atoms with van der Waals surface area (Å²) in [6.45, 7) is 0.0913. The molecule has 0 heterocycles. The van der Waals surface area contributed by atoms with Crippen LogP contribution in [0, 0.1) is 0 Å². The summed E-state index contributed by atoms with van der Waals surface area (Å²) in [5.74, 6) is 2.18. The summed E-state index contributed by atoms with van der Waals surface area (Å²) in [5.41, 5.74) is 1.72. The van der Waals surface area contributed by atoms with Gasteiger partial charge in [-0.05, 0) is 42.0 Å². The molecule has 0 bridgehead atoms. The molecule has 0 fully saturated rings. The van der Waals surface area contributed by atoms with E-state index >= 15 is 0 Å². The maximum atomic E-state index is 12.6. The molecule has 0 aliphatic rings. The molecule has 0 aliphatic heterocycles. The van der Waals surface area contributed by atoms with E-state index in [2.05, 4.69) is 0 Å². The van der Waals surface area contributed by atoms with Crippen LogP contribution in [0.1, 0.15) is 27.6 Å². The van der Waals surface area contributed by atoms with Gasteiger partial charge in [-0.25, -0.2) is 0 Å². The van der Waals surface area contributed by atoms with E-state index in [1.54, 1.807) is 50.2 Å². The minimum atomic E-state index is -0.00217. The van der Waals surface area contributed by atoms with Gasteiger partial charge in [0.05, 0.1) is 20.8 Å². The molecule has 0 spiro atoms. The summed E-state index contributed by atoms with van der Waals surface area (Å²) in [6, 6.07) is 14.8. The van der Waals surface area contributed by atoms with Gasteiger partial charge >= 0.3 is 0 Å². The normalized spacial score (nSPS) is 11.8. The van der Waals surface area contributed by atoms with Crippen LogP contribution in [0.25, 0.3) is 0 Å². The van der Waals surface area contributed by atoms with E-state index in [0.717, 1.165) is 17.1 Å². The molecule has 0 amide bonds. The van der Waals surface area contributed by atoms with E-state index < -0.39 is 0 Å². The Morgan fingerprint density at radius 1 is 1.00 bits per heavy atom. The van der Waals surface area contributed by atoms with E-state index in [1.165, 1.54) is 0 Å². The maximum Gasteiger partial charge on any atom is 0.164 e. The monoisotopic (exact) mass is 346 g/mol. The predicted molar refractivity (Wildman–Crippen MR) is 97.2 cm³/mol. The molecule has 2 aromatic rings. The Hall–Kier alpha value is -1.98. The highest BCUT2D eigenvalue weighted by atomic mass is 32.2. The first-order valence-corrected chi connectivity index (χ1v) is 8.76. The summed E-state index contributed by atoms with van der Waals surface area (Å²) < 4.78 is 10.3. The predicted octanol–water partition coefficient (Wildman–Crippen LogP) is 3.74. The summed E-state index contributed by atoms with van der Waals surface area (Å²) in [5, 5.41) is 9.11. The van der Waals surface area contributed by atoms with E-state index in [0.29, 0.717) is 17.7 Å². The number of carbonyl (C=O) groups is 1. The second-order valence-electron chi connectivity index (χ2n) is 5.21. The van der Waals surface area contributed by atoms with Crippen LogP contribution in [0.15, 0.2) is 48.5 Å². The maximum absolute atomic E-state index is 12.6. The van der Waals surface area contributed by atoms with Crippen LogP contribution < -0.4 is 9.47 Å². The minimum absolute atomic E-state index is 0.00217. The third kappa shape index (κ3) is 5.01. The van der Waals surface area contributed by atoms with E-state index in [1.807, 2.05) is 24.3 Å². The quantitative estimate of drug-likeness (QED) is 0.701. The lowest BCUT2D eigenvalue weighted by Crippen LogP contribution is -2.07. The fraction of sp³-hybridized carbons (Fsp3) is 0.316. The number of ether oxygens (including phenoxy) is 2. The number of ketones is 1. The van der Waals surface area contributed by atoms with Crippen LogP contribution in [0.3, 0.4) is 0 Å². The van der Waals surface area contributed by atoms with Crippen LogP contribution in [-0.4, -0.2) is 37.5 Å². The number of aliphatic hydroxyl groups is 1. The Morgan fingerprint density at radius 2 is 1.54 bits per heavy atom. The number of methoxy groups -OCH3 is 2. The SMILES string of the molecule is COc1ccc(C(=O)CC(SCCO)c2ccc(OC)cc2)cc1. The molecule has 0 aromatic heterocycles. The Balaban J connectivity index is 2.12. The average molecular weight is 346 g/mol. The van der Waals surface area contributed by atoms with Crippen molar-refractivity contribution < 1.29 is 19.4 Å². The lowest BCUT2D eigenvalue weighted by atomic mass is 10.0. The van der Waals surface area contributed by atoms with Crippen molar-refractivity contribution in [3.8, 4) is 11.5 Å². The second-order valence-corrected chi connectivity index (χ2v) is 6.52. The van der Waals surface area contributed by atoms with Gasteiger partial charge in [-0.3, -0.25) is 4.79 Å². The number of thioether (sulfide) groups is 1. The third-order valence-corrected chi connectivity index (χ3v) is 4.94. The number of rotatable bonds is 9. The van der Waals surface area contributed by atoms with Crippen molar-refractivity contribution in [2.75, 3.05) is 26.6 Å². The highest BCUT2D eigenvalue weighted by Crippen LogP contribution is 2.34. The smallest absolute Gasteiger partial charge is 0.164 e. The lowest BCUT2D eigenvalue weighted by molar-refractivity contribution is 0.0982. The summed E-state index contributed by atoms with van der Waals surface area (Å²) in [6.07, 6.45) is 0.378. The van der Waals surface area contributed by atoms with Gasteiger partial charge in [0.1, 0.15) is 11.5 Å². The van der Waals surface area contributed by atoms with Crippen LogP contribution in [0.5, 0.6) is 11.5 Å². The molecule has 0 saturated heterocycles. The first kappa shape index (κ1) is 18.4. The van der Waals surface area contributed by atoms with Crippen molar-refractivity contribution >= 4 is 17.5 Å².